The molecule has 0 saturated heterocycles. The standard InChI is InChI=1S/C23H26N8O2/c1-15-16(2)31(14-28-15)22-12-21(26-13-27-22)24-8-9-25-23(32)20-11-19(29-30(20)3)17-6-5-7-18(10-17)33-4/h5-7,10-14H,8-9H2,1-4H3,(H,25,32)(H,24,26,27). The molecule has 0 spiro atoms. The molecule has 0 bridgehead atoms. The Kier molecular flexibility index (Phi) is 6.34. The van der Waals surface area contributed by atoms with E-state index in [0.717, 1.165) is 28.5 Å². The van der Waals surface area contributed by atoms with Crippen molar-refractivity contribution in [2.75, 3.05) is 25.5 Å². The number of anilines is 1. The molecule has 2 N–H and O–H groups in total. The summed E-state index contributed by atoms with van der Waals surface area (Å²) in [7, 11) is 3.37. The summed E-state index contributed by atoms with van der Waals surface area (Å²) < 4.78 is 8.75. The van der Waals surface area contributed by atoms with Crippen molar-refractivity contribution in [2.45, 2.75) is 13.8 Å². The summed E-state index contributed by atoms with van der Waals surface area (Å²) in [5, 5.41) is 10.6. The van der Waals surface area contributed by atoms with Gasteiger partial charge in [-0.3, -0.25) is 14.0 Å². The third-order valence-electron chi connectivity index (χ3n) is 5.35. The van der Waals surface area contributed by atoms with Crippen LogP contribution in [0.5, 0.6) is 5.75 Å². The zero-order valence-electron chi connectivity index (χ0n) is 19.0. The predicted octanol–water partition coefficient (Wildman–Crippen LogP) is 2.53. The van der Waals surface area contributed by atoms with Gasteiger partial charge in [0.1, 0.15) is 35.7 Å². The van der Waals surface area contributed by atoms with Crippen LogP contribution in [-0.2, 0) is 7.05 Å². The molecule has 0 radical (unpaired) electrons. The van der Waals surface area contributed by atoms with Crippen molar-refractivity contribution in [1.82, 2.24) is 34.6 Å². The van der Waals surface area contributed by atoms with Crippen molar-refractivity contribution in [3.63, 3.8) is 0 Å². The number of amides is 1. The van der Waals surface area contributed by atoms with Gasteiger partial charge in [-0.05, 0) is 32.0 Å². The van der Waals surface area contributed by atoms with E-state index < -0.39 is 0 Å². The highest BCUT2D eigenvalue weighted by Crippen LogP contribution is 2.23. The van der Waals surface area contributed by atoms with Crippen molar-refractivity contribution >= 4 is 11.7 Å². The third kappa shape index (κ3) is 4.84. The molecule has 0 unspecified atom stereocenters. The van der Waals surface area contributed by atoms with Crippen LogP contribution in [0.2, 0.25) is 0 Å². The van der Waals surface area contributed by atoms with Gasteiger partial charge in [0.25, 0.3) is 5.91 Å². The highest BCUT2D eigenvalue weighted by Gasteiger charge is 2.14. The Morgan fingerprint density at radius 2 is 1.94 bits per heavy atom. The molecule has 0 saturated carbocycles. The maximum atomic E-state index is 12.7. The highest BCUT2D eigenvalue weighted by molar-refractivity contribution is 5.93. The number of rotatable bonds is 8. The molecule has 170 valence electrons. The topological polar surface area (TPSA) is 112 Å². The minimum atomic E-state index is -0.200. The Morgan fingerprint density at radius 3 is 2.70 bits per heavy atom. The van der Waals surface area contributed by atoms with E-state index in [4.69, 9.17) is 4.74 Å². The summed E-state index contributed by atoms with van der Waals surface area (Å²) in [6, 6.07) is 11.2. The number of nitrogens with zero attached hydrogens (tertiary/aromatic N) is 6. The second kappa shape index (κ2) is 9.51. The van der Waals surface area contributed by atoms with Gasteiger partial charge in [-0.2, -0.15) is 5.10 Å². The van der Waals surface area contributed by atoms with Gasteiger partial charge in [-0.1, -0.05) is 12.1 Å². The Balaban J connectivity index is 1.34. The number of carbonyl (C=O) groups is 1. The number of hydrogen-bond donors (Lipinski definition) is 2. The van der Waals surface area contributed by atoms with Gasteiger partial charge in [0.05, 0.1) is 18.5 Å². The van der Waals surface area contributed by atoms with Crippen LogP contribution in [0.3, 0.4) is 0 Å². The molecule has 10 nitrogen and oxygen atoms in total. The molecule has 0 atom stereocenters. The zero-order chi connectivity index (χ0) is 23.4. The lowest BCUT2D eigenvalue weighted by atomic mass is 10.1. The van der Waals surface area contributed by atoms with Crippen molar-refractivity contribution in [3.05, 3.63) is 66.1 Å². The fourth-order valence-corrected chi connectivity index (χ4v) is 3.37. The summed E-state index contributed by atoms with van der Waals surface area (Å²) in [5.74, 6) is 1.94. The van der Waals surface area contributed by atoms with Crippen molar-refractivity contribution in [1.29, 1.82) is 0 Å². The Bertz CT molecular complexity index is 1280. The van der Waals surface area contributed by atoms with Crippen LogP contribution in [0.15, 0.2) is 49.1 Å². The first-order chi connectivity index (χ1) is 16.0. The van der Waals surface area contributed by atoms with Crippen molar-refractivity contribution in [3.8, 4) is 22.8 Å². The molecule has 10 heteroatoms. The summed E-state index contributed by atoms with van der Waals surface area (Å²) in [6.45, 7) is 4.87. The number of aryl methyl sites for hydroxylation is 2. The molecular weight excluding hydrogens is 420 g/mol. The minimum Gasteiger partial charge on any atom is -0.497 e. The molecule has 3 aromatic heterocycles. The van der Waals surface area contributed by atoms with Crippen LogP contribution in [0.4, 0.5) is 5.82 Å². The number of imidazole rings is 1. The summed E-state index contributed by atoms with van der Waals surface area (Å²) >= 11 is 0. The van der Waals surface area contributed by atoms with E-state index in [1.54, 1.807) is 31.2 Å². The average molecular weight is 447 g/mol. The quantitative estimate of drug-likeness (QED) is 0.400. The largest absolute Gasteiger partial charge is 0.497 e. The molecule has 0 aliphatic carbocycles. The molecule has 4 aromatic rings. The molecule has 4 rings (SSSR count). The monoisotopic (exact) mass is 446 g/mol. The maximum absolute atomic E-state index is 12.7. The molecule has 1 amide bonds. The Labute approximate surface area is 191 Å². The van der Waals surface area contributed by atoms with Crippen LogP contribution in [0.25, 0.3) is 17.1 Å². The van der Waals surface area contributed by atoms with Gasteiger partial charge in [0.15, 0.2) is 0 Å². The van der Waals surface area contributed by atoms with Gasteiger partial charge >= 0.3 is 0 Å². The van der Waals surface area contributed by atoms with Crippen LogP contribution < -0.4 is 15.4 Å². The van der Waals surface area contributed by atoms with Crippen LogP contribution >= 0.6 is 0 Å². The summed E-state index contributed by atoms with van der Waals surface area (Å²) in [4.78, 5) is 25.5. The van der Waals surface area contributed by atoms with Gasteiger partial charge < -0.3 is 15.4 Å². The van der Waals surface area contributed by atoms with Crippen LogP contribution in [0.1, 0.15) is 21.9 Å². The number of hydrogen-bond acceptors (Lipinski definition) is 7. The van der Waals surface area contributed by atoms with Crippen LogP contribution in [0, 0.1) is 13.8 Å². The number of methoxy groups -OCH3 is 1. The number of aromatic nitrogens is 6. The number of ether oxygens (including phenoxy) is 1. The van der Waals surface area contributed by atoms with E-state index in [1.165, 1.54) is 6.33 Å². The van der Waals surface area contributed by atoms with Crippen molar-refractivity contribution < 1.29 is 9.53 Å². The summed E-state index contributed by atoms with van der Waals surface area (Å²) in [6.07, 6.45) is 3.24. The molecule has 3 heterocycles. The molecular formula is C23H26N8O2. The van der Waals surface area contributed by atoms with E-state index in [1.807, 2.05) is 48.7 Å². The first-order valence-electron chi connectivity index (χ1n) is 10.5. The maximum Gasteiger partial charge on any atom is 0.269 e. The van der Waals surface area contributed by atoms with Gasteiger partial charge in [0.2, 0.25) is 0 Å². The van der Waals surface area contributed by atoms with E-state index >= 15 is 0 Å². The second-order valence-electron chi connectivity index (χ2n) is 7.50. The first-order valence-corrected chi connectivity index (χ1v) is 10.5. The molecule has 0 aliphatic heterocycles. The fraction of sp³-hybridized carbons (Fsp3) is 0.261. The van der Waals surface area contributed by atoms with Crippen LogP contribution in [-0.4, -0.2) is 55.4 Å². The Hall–Kier alpha value is -4.21. The smallest absolute Gasteiger partial charge is 0.269 e. The van der Waals surface area contributed by atoms with Gasteiger partial charge in [-0.15, -0.1) is 0 Å². The lowest BCUT2D eigenvalue weighted by Gasteiger charge is -2.09. The van der Waals surface area contributed by atoms with E-state index in [-0.39, 0.29) is 5.91 Å². The average Bonchev–Trinajstić information content (AvgIpc) is 3.39. The highest BCUT2D eigenvalue weighted by atomic mass is 16.5. The van der Waals surface area contributed by atoms with E-state index in [2.05, 4.69) is 30.7 Å². The number of carbonyl (C=O) groups excluding carboxylic acids is 1. The number of benzene rings is 1. The molecule has 33 heavy (non-hydrogen) atoms. The lowest BCUT2D eigenvalue weighted by molar-refractivity contribution is 0.0946. The minimum absolute atomic E-state index is 0.200. The van der Waals surface area contributed by atoms with E-state index in [9.17, 15) is 4.79 Å². The summed E-state index contributed by atoms with van der Waals surface area (Å²) in [5.41, 5.74) is 4.04. The van der Waals surface area contributed by atoms with Gasteiger partial charge in [0, 0.05) is 37.5 Å². The normalized spacial score (nSPS) is 10.8. The SMILES string of the molecule is COc1cccc(-c2cc(C(=O)NCCNc3cc(-n4cnc(C)c4C)ncn3)n(C)n2)c1. The number of nitrogens with one attached hydrogen (secondary N) is 2. The molecule has 0 fully saturated rings. The first kappa shape index (κ1) is 22.0. The fourth-order valence-electron chi connectivity index (χ4n) is 3.37. The Morgan fingerprint density at radius 1 is 1.09 bits per heavy atom. The predicted molar refractivity (Wildman–Crippen MR) is 125 cm³/mol. The third-order valence-corrected chi connectivity index (χ3v) is 5.35. The van der Waals surface area contributed by atoms with E-state index in [0.29, 0.717) is 30.3 Å². The second-order valence-corrected chi connectivity index (χ2v) is 7.50. The van der Waals surface area contributed by atoms with Gasteiger partial charge in [-0.25, -0.2) is 15.0 Å². The molecule has 0 aliphatic rings. The molecule has 1 aromatic carbocycles. The lowest BCUT2D eigenvalue weighted by Crippen LogP contribution is -2.30. The van der Waals surface area contributed by atoms with Crippen molar-refractivity contribution in [2.24, 2.45) is 7.05 Å². The zero-order valence-corrected chi connectivity index (χ0v) is 19.0.